The molecule has 0 saturated carbocycles. The molecule has 0 aromatic rings. The molecule has 0 aromatic heterocycles. The van der Waals surface area contributed by atoms with E-state index in [1.807, 2.05) is 20.8 Å². The van der Waals surface area contributed by atoms with Crippen LogP contribution in [-0.4, -0.2) is 42.1 Å². The van der Waals surface area contributed by atoms with E-state index in [-0.39, 0.29) is 12.0 Å². The Labute approximate surface area is 101 Å². The molecular weight excluding hydrogens is 220 g/mol. The van der Waals surface area contributed by atoms with Crippen LogP contribution in [-0.2, 0) is 9.53 Å². The maximum absolute atomic E-state index is 11.9. The largest absolute Gasteiger partial charge is 0.444 e. The fourth-order valence-electron chi connectivity index (χ4n) is 2.43. The van der Waals surface area contributed by atoms with Gasteiger partial charge in [0.25, 0.3) is 0 Å². The summed E-state index contributed by atoms with van der Waals surface area (Å²) in [6.07, 6.45) is 0.267. The van der Waals surface area contributed by atoms with E-state index in [0.717, 1.165) is 0 Å². The first kappa shape index (κ1) is 12.2. The minimum atomic E-state index is -0.459. The Balaban J connectivity index is 1.93. The van der Waals surface area contributed by atoms with Crippen molar-refractivity contribution in [3.63, 3.8) is 0 Å². The van der Waals surface area contributed by atoms with Crippen LogP contribution < -0.4 is 5.32 Å². The van der Waals surface area contributed by atoms with E-state index < -0.39 is 5.60 Å². The van der Waals surface area contributed by atoms with Crippen LogP contribution in [0.5, 0.6) is 0 Å². The second-order valence-electron chi connectivity index (χ2n) is 5.91. The number of hydrogen-bond donors (Lipinski definition) is 1. The van der Waals surface area contributed by atoms with Crippen molar-refractivity contribution in [3.05, 3.63) is 0 Å². The smallest absolute Gasteiger partial charge is 0.410 e. The zero-order chi connectivity index (χ0) is 12.6. The molecular formula is C12H20N2O3. The average Bonchev–Trinajstić information content (AvgIpc) is 2.57. The molecule has 0 aliphatic carbocycles. The van der Waals surface area contributed by atoms with Gasteiger partial charge >= 0.3 is 6.09 Å². The van der Waals surface area contributed by atoms with E-state index in [4.69, 9.17) is 4.74 Å². The molecule has 1 N–H and O–H groups in total. The van der Waals surface area contributed by atoms with Crippen LogP contribution >= 0.6 is 0 Å². The summed E-state index contributed by atoms with van der Waals surface area (Å²) in [7, 11) is 0. The SMILES string of the molecule is CC(C)(C)OC(=O)N1C[C@@H]2CNC(=O)C[C@H]2C1. The normalized spacial score (nSPS) is 28.6. The van der Waals surface area contributed by atoms with Gasteiger partial charge in [-0.05, 0) is 32.6 Å². The van der Waals surface area contributed by atoms with Crippen molar-refractivity contribution in [2.24, 2.45) is 11.8 Å². The quantitative estimate of drug-likeness (QED) is 0.687. The number of ether oxygens (including phenoxy) is 1. The van der Waals surface area contributed by atoms with Gasteiger partial charge in [-0.3, -0.25) is 4.79 Å². The number of rotatable bonds is 0. The molecule has 2 heterocycles. The fourth-order valence-corrected chi connectivity index (χ4v) is 2.43. The number of carbonyl (C=O) groups excluding carboxylic acids is 2. The Morgan fingerprint density at radius 1 is 1.35 bits per heavy atom. The molecule has 96 valence electrons. The van der Waals surface area contributed by atoms with Gasteiger partial charge in [0.1, 0.15) is 5.60 Å². The van der Waals surface area contributed by atoms with Gasteiger partial charge in [0.2, 0.25) is 5.91 Å². The van der Waals surface area contributed by atoms with E-state index in [1.54, 1.807) is 4.90 Å². The molecule has 2 aliphatic rings. The second-order valence-corrected chi connectivity index (χ2v) is 5.91. The molecule has 5 nitrogen and oxygen atoms in total. The molecule has 0 aromatic carbocycles. The van der Waals surface area contributed by atoms with Crippen molar-refractivity contribution in [1.82, 2.24) is 10.2 Å². The zero-order valence-corrected chi connectivity index (χ0v) is 10.7. The third-order valence-corrected chi connectivity index (χ3v) is 3.24. The highest BCUT2D eigenvalue weighted by atomic mass is 16.6. The van der Waals surface area contributed by atoms with Crippen molar-refractivity contribution in [1.29, 1.82) is 0 Å². The van der Waals surface area contributed by atoms with Crippen molar-refractivity contribution >= 4 is 12.0 Å². The molecule has 17 heavy (non-hydrogen) atoms. The highest BCUT2D eigenvalue weighted by molar-refractivity contribution is 5.77. The lowest BCUT2D eigenvalue weighted by atomic mass is 9.89. The highest BCUT2D eigenvalue weighted by Crippen LogP contribution is 2.29. The number of amides is 2. The third kappa shape index (κ3) is 2.90. The highest BCUT2D eigenvalue weighted by Gasteiger charge is 2.40. The van der Waals surface area contributed by atoms with Crippen LogP contribution in [0.15, 0.2) is 0 Å². The molecule has 0 spiro atoms. The van der Waals surface area contributed by atoms with Crippen molar-refractivity contribution in [2.75, 3.05) is 19.6 Å². The Kier molecular flexibility index (Phi) is 3.02. The number of hydrogen-bond acceptors (Lipinski definition) is 3. The van der Waals surface area contributed by atoms with Crippen LogP contribution in [0.4, 0.5) is 4.79 Å². The number of piperidine rings is 1. The van der Waals surface area contributed by atoms with Crippen LogP contribution in [0.25, 0.3) is 0 Å². The summed E-state index contributed by atoms with van der Waals surface area (Å²) in [4.78, 5) is 24.9. The lowest BCUT2D eigenvalue weighted by Crippen LogP contribution is -2.40. The topological polar surface area (TPSA) is 58.6 Å². The maximum atomic E-state index is 11.9. The van der Waals surface area contributed by atoms with Gasteiger partial charge in [-0.25, -0.2) is 4.79 Å². The molecule has 0 bridgehead atoms. The molecule has 2 fully saturated rings. The van der Waals surface area contributed by atoms with Gasteiger partial charge in [0.15, 0.2) is 0 Å². The summed E-state index contributed by atoms with van der Waals surface area (Å²) in [6.45, 7) is 7.60. The van der Waals surface area contributed by atoms with Gasteiger partial charge in [-0.15, -0.1) is 0 Å². The summed E-state index contributed by atoms with van der Waals surface area (Å²) in [5, 5.41) is 2.84. The lowest BCUT2D eigenvalue weighted by Gasteiger charge is -2.24. The molecule has 2 saturated heterocycles. The van der Waals surface area contributed by atoms with Gasteiger partial charge < -0.3 is 15.0 Å². The number of fused-ring (bicyclic) bond motifs is 1. The lowest BCUT2D eigenvalue weighted by molar-refractivity contribution is -0.124. The average molecular weight is 240 g/mol. The minimum Gasteiger partial charge on any atom is -0.444 e. The Morgan fingerprint density at radius 2 is 2.00 bits per heavy atom. The predicted octanol–water partition coefficient (Wildman–Crippen LogP) is 0.989. The first-order valence-corrected chi connectivity index (χ1v) is 6.10. The first-order valence-electron chi connectivity index (χ1n) is 6.10. The third-order valence-electron chi connectivity index (χ3n) is 3.24. The number of nitrogens with zero attached hydrogens (tertiary/aromatic N) is 1. The molecule has 0 radical (unpaired) electrons. The maximum Gasteiger partial charge on any atom is 0.410 e. The zero-order valence-electron chi connectivity index (χ0n) is 10.7. The molecule has 2 rings (SSSR count). The van der Waals surface area contributed by atoms with Gasteiger partial charge in [-0.1, -0.05) is 0 Å². The van der Waals surface area contributed by atoms with Crippen LogP contribution in [0.1, 0.15) is 27.2 Å². The van der Waals surface area contributed by atoms with Crippen molar-refractivity contribution in [3.8, 4) is 0 Å². The number of likely N-dealkylation sites (tertiary alicyclic amines) is 1. The molecule has 5 heteroatoms. The van der Waals surface area contributed by atoms with E-state index in [0.29, 0.717) is 37.9 Å². The van der Waals surface area contributed by atoms with Crippen molar-refractivity contribution in [2.45, 2.75) is 32.8 Å². The second kappa shape index (κ2) is 4.20. The van der Waals surface area contributed by atoms with E-state index >= 15 is 0 Å². The summed E-state index contributed by atoms with van der Waals surface area (Å²) >= 11 is 0. The number of carbonyl (C=O) groups is 2. The molecule has 2 aliphatic heterocycles. The predicted molar refractivity (Wildman–Crippen MR) is 62.4 cm³/mol. The van der Waals surface area contributed by atoms with Gasteiger partial charge in [0.05, 0.1) is 0 Å². The Morgan fingerprint density at radius 3 is 2.65 bits per heavy atom. The first-order chi connectivity index (χ1) is 7.85. The van der Waals surface area contributed by atoms with E-state index in [9.17, 15) is 9.59 Å². The Bertz CT molecular complexity index is 335. The molecule has 0 unspecified atom stereocenters. The summed E-state index contributed by atoms with van der Waals surface area (Å²) < 4.78 is 5.34. The number of nitrogens with one attached hydrogen (secondary N) is 1. The monoisotopic (exact) mass is 240 g/mol. The van der Waals surface area contributed by atoms with Crippen LogP contribution in [0, 0.1) is 11.8 Å². The minimum absolute atomic E-state index is 0.0947. The fraction of sp³-hybridized carbons (Fsp3) is 0.833. The van der Waals surface area contributed by atoms with E-state index in [2.05, 4.69) is 5.32 Å². The van der Waals surface area contributed by atoms with Crippen LogP contribution in [0.2, 0.25) is 0 Å². The summed E-state index contributed by atoms with van der Waals surface area (Å²) in [6, 6.07) is 0. The van der Waals surface area contributed by atoms with Gasteiger partial charge in [0, 0.05) is 26.1 Å². The summed E-state index contributed by atoms with van der Waals surface area (Å²) in [5.74, 6) is 0.786. The van der Waals surface area contributed by atoms with E-state index in [1.165, 1.54) is 0 Å². The molecule has 2 amide bonds. The van der Waals surface area contributed by atoms with Crippen LogP contribution in [0.3, 0.4) is 0 Å². The van der Waals surface area contributed by atoms with Crippen molar-refractivity contribution < 1.29 is 14.3 Å². The standard InChI is InChI=1S/C12H20N2O3/c1-12(2,3)17-11(16)14-6-8-4-10(15)13-5-9(8)7-14/h8-9H,4-7H2,1-3H3,(H,13,15)/t8-,9-/m0/s1. The molecule has 2 atom stereocenters. The van der Waals surface area contributed by atoms with Gasteiger partial charge in [-0.2, -0.15) is 0 Å². The summed E-state index contributed by atoms with van der Waals surface area (Å²) in [5.41, 5.74) is -0.459. The Hall–Kier alpha value is -1.26.